The van der Waals surface area contributed by atoms with Gasteiger partial charge < -0.3 is 9.80 Å². The van der Waals surface area contributed by atoms with Crippen LogP contribution in [0.15, 0.2) is 18.2 Å². The number of piperidine rings is 1. The van der Waals surface area contributed by atoms with Crippen molar-refractivity contribution in [2.24, 2.45) is 5.41 Å². The molecule has 1 aromatic carbocycles. The lowest BCUT2D eigenvalue weighted by Gasteiger charge is -2.42. The normalized spacial score (nSPS) is 22.1. The molecule has 2 aliphatic rings. The molecule has 2 amide bonds. The number of carbonyl (C=O) groups excluding carboxylic acids is 1. The van der Waals surface area contributed by atoms with Gasteiger partial charge in [0.15, 0.2) is 0 Å². The number of fused-ring (bicyclic) bond motifs is 1. The monoisotopic (exact) mass is 332 g/mol. The topological polar surface area (TPSA) is 23.6 Å². The maximum absolute atomic E-state index is 13.7. The molecule has 1 atom stereocenters. The molecule has 0 radical (unpaired) electrons. The van der Waals surface area contributed by atoms with Crippen LogP contribution >= 0.6 is 0 Å². The largest absolute Gasteiger partial charge is 0.325 e. The van der Waals surface area contributed by atoms with Crippen molar-refractivity contribution in [2.75, 3.05) is 19.6 Å². The number of benzene rings is 1. The van der Waals surface area contributed by atoms with E-state index in [-0.39, 0.29) is 23.3 Å². The first-order valence-electron chi connectivity index (χ1n) is 9.19. The molecule has 3 rings (SSSR count). The number of hydrogen-bond donors (Lipinski definition) is 0. The van der Waals surface area contributed by atoms with Crippen LogP contribution in [0.3, 0.4) is 0 Å². The Balaban J connectivity index is 1.89. The van der Waals surface area contributed by atoms with Gasteiger partial charge in [-0.1, -0.05) is 26.8 Å². The molecule has 0 aliphatic carbocycles. The van der Waals surface area contributed by atoms with Crippen LogP contribution in [-0.2, 0) is 12.8 Å². The quantitative estimate of drug-likeness (QED) is 0.697. The van der Waals surface area contributed by atoms with E-state index >= 15 is 0 Å². The van der Waals surface area contributed by atoms with E-state index in [2.05, 4.69) is 25.7 Å². The van der Waals surface area contributed by atoms with Gasteiger partial charge in [-0.25, -0.2) is 9.18 Å². The maximum Gasteiger partial charge on any atom is 0.320 e. The highest BCUT2D eigenvalue weighted by molar-refractivity contribution is 5.75. The molecule has 1 fully saturated rings. The minimum Gasteiger partial charge on any atom is -0.325 e. The molecular formula is C20H29FN2O. The minimum atomic E-state index is -0.183. The van der Waals surface area contributed by atoms with E-state index in [1.54, 1.807) is 6.07 Å². The van der Waals surface area contributed by atoms with E-state index in [4.69, 9.17) is 0 Å². The van der Waals surface area contributed by atoms with Crippen molar-refractivity contribution in [3.05, 3.63) is 35.1 Å². The molecular weight excluding hydrogens is 303 g/mol. The van der Waals surface area contributed by atoms with Gasteiger partial charge in [-0.05, 0) is 60.8 Å². The van der Waals surface area contributed by atoms with Crippen LogP contribution in [0.5, 0.6) is 0 Å². The molecule has 24 heavy (non-hydrogen) atoms. The van der Waals surface area contributed by atoms with Gasteiger partial charge in [0.25, 0.3) is 0 Å². The van der Waals surface area contributed by atoms with Crippen LogP contribution in [0.1, 0.15) is 51.2 Å². The summed E-state index contributed by atoms with van der Waals surface area (Å²) in [6, 6.07) is 5.34. The minimum absolute atomic E-state index is 0.0423. The predicted octanol–water partition coefficient (Wildman–Crippen LogP) is 4.25. The second-order valence-corrected chi connectivity index (χ2v) is 8.27. The lowest BCUT2D eigenvalue weighted by molar-refractivity contribution is 0.0884. The van der Waals surface area contributed by atoms with Crippen molar-refractivity contribution in [3.8, 4) is 0 Å². The zero-order valence-corrected chi connectivity index (χ0v) is 15.1. The van der Waals surface area contributed by atoms with Crippen molar-refractivity contribution >= 4 is 6.03 Å². The highest BCUT2D eigenvalue weighted by Gasteiger charge is 2.37. The van der Waals surface area contributed by atoms with E-state index < -0.39 is 0 Å². The molecule has 132 valence electrons. The van der Waals surface area contributed by atoms with Gasteiger partial charge in [0.1, 0.15) is 5.82 Å². The molecule has 0 spiro atoms. The van der Waals surface area contributed by atoms with E-state index in [9.17, 15) is 9.18 Å². The van der Waals surface area contributed by atoms with Crippen molar-refractivity contribution in [1.29, 1.82) is 0 Å². The SMILES string of the molecule is CC(C)(C)C1Cc2cc(F)ccc2CCN1C(=O)N1CCCCC1. The zero-order valence-electron chi connectivity index (χ0n) is 15.1. The highest BCUT2D eigenvalue weighted by atomic mass is 19.1. The number of likely N-dealkylation sites (tertiary alicyclic amines) is 1. The number of carbonyl (C=O) groups is 1. The smallest absolute Gasteiger partial charge is 0.320 e. The van der Waals surface area contributed by atoms with Gasteiger partial charge in [-0.15, -0.1) is 0 Å². The number of urea groups is 1. The number of rotatable bonds is 0. The molecule has 2 heterocycles. The highest BCUT2D eigenvalue weighted by Crippen LogP contribution is 2.32. The summed E-state index contributed by atoms with van der Waals surface area (Å²) >= 11 is 0. The molecule has 1 unspecified atom stereocenters. The Morgan fingerprint density at radius 3 is 2.46 bits per heavy atom. The van der Waals surface area contributed by atoms with E-state index in [0.29, 0.717) is 0 Å². The van der Waals surface area contributed by atoms with Crippen LogP contribution in [0, 0.1) is 11.2 Å². The van der Waals surface area contributed by atoms with Crippen LogP contribution in [-0.4, -0.2) is 41.5 Å². The second kappa shape index (κ2) is 6.73. The summed E-state index contributed by atoms with van der Waals surface area (Å²) in [6.45, 7) is 8.99. The molecule has 4 heteroatoms. The van der Waals surface area contributed by atoms with Gasteiger partial charge in [-0.3, -0.25) is 0 Å². The number of nitrogens with zero attached hydrogens (tertiary/aromatic N) is 2. The lowest BCUT2D eigenvalue weighted by atomic mass is 9.82. The van der Waals surface area contributed by atoms with Gasteiger partial charge in [-0.2, -0.15) is 0 Å². The fraction of sp³-hybridized carbons (Fsp3) is 0.650. The van der Waals surface area contributed by atoms with Gasteiger partial charge in [0, 0.05) is 25.7 Å². The zero-order chi connectivity index (χ0) is 17.3. The summed E-state index contributed by atoms with van der Waals surface area (Å²) in [6.07, 6.45) is 4.96. The average molecular weight is 332 g/mol. The van der Waals surface area contributed by atoms with Crippen molar-refractivity contribution in [3.63, 3.8) is 0 Å². The van der Waals surface area contributed by atoms with Gasteiger partial charge in [0.05, 0.1) is 0 Å². The molecule has 0 bridgehead atoms. The summed E-state index contributed by atoms with van der Waals surface area (Å²) in [5.74, 6) is -0.183. The summed E-state index contributed by atoms with van der Waals surface area (Å²) in [7, 11) is 0. The Morgan fingerprint density at radius 1 is 1.08 bits per heavy atom. The molecule has 2 aliphatic heterocycles. The van der Waals surface area contributed by atoms with Crippen molar-refractivity contribution < 1.29 is 9.18 Å². The molecule has 1 saturated heterocycles. The number of amides is 2. The average Bonchev–Trinajstić information content (AvgIpc) is 2.74. The van der Waals surface area contributed by atoms with E-state index in [1.807, 2.05) is 11.0 Å². The van der Waals surface area contributed by atoms with Crippen LogP contribution < -0.4 is 0 Å². The third-order valence-electron chi connectivity index (χ3n) is 5.45. The second-order valence-electron chi connectivity index (χ2n) is 8.27. The molecule has 0 aromatic heterocycles. The third kappa shape index (κ3) is 3.57. The Labute approximate surface area is 144 Å². The standard InChI is InChI=1S/C20H29FN2O/c1-20(2,3)18-14-16-13-17(21)8-7-15(16)9-12-23(18)19(24)22-10-5-4-6-11-22/h7-8,13,18H,4-6,9-12,14H2,1-3H3. The van der Waals surface area contributed by atoms with E-state index in [1.165, 1.54) is 18.1 Å². The molecule has 0 N–H and O–H groups in total. The molecule has 3 nitrogen and oxygen atoms in total. The molecule has 1 aromatic rings. The van der Waals surface area contributed by atoms with Crippen LogP contribution in [0.4, 0.5) is 9.18 Å². The summed E-state index contributed by atoms with van der Waals surface area (Å²) in [5.41, 5.74) is 2.20. The van der Waals surface area contributed by atoms with Crippen molar-refractivity contribution in [2.45, 2.75) is 58.9 Å². The number of halogens is 1. The first-order valence-corrected chi connectivity index (χ1v) is 9.19. The Bertz CT molecular complexity index is 602. The fourth-order valence-corrected chi connectivity index (χ4v) is 4.01. The maximum atomic E-state index is 13.7. The Morgan fingerprint density at radius 2 is 1.79 bits per heavy atom. The summed E-state index contributed by atoms with van der Waals surface area (Å²) < 4.78 is 13.7. The first-order chi connectivity index (χ1) is 11.4. The lowest BCUT2D eigenvalue weighted by Crippen LogP contribution is -2.54. The van der Waals surface area contributed by atoms with Gasteiger partial charge >= 0.3 is 6.03 Å². The summed E-state index contributed by atoms with van der Waals surface area (Å²) in [5, 5.41) is 0. The third-order valence-corrected chi connectivity index (χ3v) is 5.45. The van der Waals surface area contributed by atoms with Gasteiger partial charge in [0.2, 0.25) is 0 Å². The Hall–Kier alpha value is -1.58. The Kier molecular flexibility index (Phi) is 4.84. The van der Waals surface area contributed by atoms with E-state index in [0.717, 1.165) is 50.9 Å². The summed E-state index contributed by atoms with van der Waals surface area (Å²) in [4.78, 5) is 17.2. The number of hydrogen-bond acceptors (Lipinski definition) is 1. The molecule has 0 saturated carbocycles. The van der Waals surface area contributed by atoms with Crippen molar-refractivity contribution in [1.82, 2.24) is 9.80 Å². The van der Waals surface area contributed by atoms with Crippen LogP contribution in [0.25, 0.3) is 0 Å². The first kappa shape index (κ1) is 17.2. The fourth-order valence-electron chi connectivity index (χ4n) is 4.01. The van der Waals surface area contributed by atoms with Crippen LogP contribution in [0.2, 0.25) is 0 Å². The predicted molar refractivity (Wildman–Crippen MR) is 94.6 cm³/mol.